The van der Waals surface area contributed by atoms with Gasteiger partial charge in [-0.2, -0.15) is 0 Å². The molecule has 0 radical (unpaired) electrons. The highest BCUT2D eigenvalue weighted by molar-refractivity contribution is 5.94. The maximum absolute atomic E-state index is 13.0. The average molecular weight is 385 g/mol. The first-order valence-electron chi connectivity index (χ1n) is 9.52. The van der Waals surface area contributed by atoms with Crippen molar-refractivity contribution in [3.63, 3.8) is 0 Å². The third-order valence-electron chi connectivity index (χ3n) is 5.03. The van der Waals surface area contributed by atoms with Gasteiger partial charge in [-0.25, -0.2) is 4.98 Å². The Kier molecular flexibility index (Phi) is 5.04. The van der Waals surface area contributed by atoms with Crippen molar-refractivity contribution in [2.45, 2.75) is 20.4 Å². The zero-order chi connectivity index (χ0) is 20.4. The summed E-state index contributed by atoms with van der Waals surface area (Å²) in [5.74, 6) is 1.40. The molecule has 29 heavy (non-hydrogen) atoms. The lowest BCUT2D eigenvalue weighted by Crippen LogP contribution is -2.20. The predicted octanol–water partition coefficient (Wildman–Crippen LogP) is 4.97. The molecule has 4 rings (SSSR count). The van der Waals surface area contributed by atoms with Crippen molar-refractivity contribution >= 4 is 22.6 Å². The molecule has 0 aliphatic heterocycles. The van der Waals surface area contributed by atoms with Crippen LogP contribution >= 0.6 is 0 Å². The van der Waals surface area contributed by atoms with Gasteiger partial charge in [0.2, 0.25) is 5.91 Å². The molecule has 0 aliphatic rings. The number of fused-ring (bicyclic) bond motifs is 1. The number of rotatable bonds is 5. The molecule has 3 aromatic carbocycles. The van der Waals surface area contributed by atoms with Crippen LogP contribution < -0.4 is 10.1 Å². The number of benzene rings is 3. The second-order valence-electron chi connectivity index (χ2n) is 7.06. The Labute approximate surface area is 170 Å². The average Bonchev–Trinajstić information content (AvgIpc) is 3.09. The van der Waals surface area contributed by atoms with Crippen molar-refractivity contribution in [3.05, 3.63) is 77.9 Å². The van der Waals surface area contributed by atoms with E-state index >= 15 is 0 Å². The molecular formula is C24H23N3O2. The zero-order valence-electron chi connectivity index (χ0n) is 16.8. The Morgan fingerprint density at radius 2 is 1.72 bits per heavy atom. The molecule has 0 atom stereocenters. The normalized spacial score (nSPS) is 10.9. The molecule has 0 saturated heterocycles. The highest BCUT2D eigenvalue weighted by Gasteiger charge is 2.16. The van der Waals surface area contributed by atoms with E-state index in [1.807, 2.05) is 85.1 Å². The standard InChI is InChI=1S/C24H23N3O2/c1-16-8-6-9-17(2)23(16)26-22(28)15-27-21-13-5-4-12-20(21)25-24(27)18-10-7-11-19(14-18)29-3/h4-14H,15H2,1-3H3,(H,26,28). The summed E-state index contributed by atoms with van der Waals surface area (Å²) in [6.07, 6.45) is 0. The van der Waals surface area contributed by atoms with E-state index in [0.717, 1.165) is 45.0 Å². The number of hydrogen-bond acceptors (Lipinski definition) is 3. The molecule has 1 N–H and O–H groups in total. The van der Waals surface area contributed by atoms with E-state index in [4.69, 9.17) is 9.72 Å². The third-order valence-corrected chi connectivity index (χ3v) is 5.03. The summed E-state index contributed by atoms with van der Waals surface area (Å²) in [5, 5.41) is 3.07. The van der Waals surface area contributed by atoms with Crippen molar-refractivity contribution in [2.24, 2.45) is 0 Å². The topological polar surface area (TPSA) is 56.2 Å². The number of nitrogens with one attached hydrogen (secondary N) is 1. The van der Waals surface area contributed by atoms with Gasteiger partial charge in [0.05, 0.1) is 18.1 Å². The van der Waals surface area contributed by atoms with Crippen molar-refractivity contribution in [1.82, 2.24) is 9.55 Å². The molecule has 1 heterocycles. The number of imidazole rings is 1. The van der Waals surface area contributed by atoms with Crippen molar-refractivity contribution < 1.29 is 9.53 Å². The molecule has 146 valence electrons. The summed E-state index contributed by atoms with van der Waals surface area (Å²) in [7, 11) is 1.64. The minimum Gasteiger partial charge on any atom is -0.497 e. The van der Waals surface area contributed by atoms with Crippen LogP contribution in [0.15, 0.2) is 66.7 Å². The maximum Gasteiger partial charge on any atom is 0.244 e. The smallest absolute Gasteiger partial charge is 0.244 e. The number of aryl methyl sites for hydroxylation is 2. The largest absolute Gasteiger partial charge is 0.497 e. The van der Waals surface area contributed by atoms with Crippen LogP contribution in [0, 0.1) is 13.8 Å². The van der Waals surface area contributed by atoms with E-state index < -0.39 is 0 Å². The van der Waals surface area contributed by atoms with Crippen LogP contribution in [0.3, 0.4) is 0 Å². The summed E-state index contributed by atoms with van der Waals surface area (Å²) in [4.78, 5) is 17.7. The SMILES string of the molecule is COc1cccc(-c2nc3ccccc3n2CC(=O)Nc2c(C)cccc2C)c1. The number of hydrogen-bond donors (Lipinski definition) is 1. The fraction of sp³-hybridized carbons (Fsp3) is 0.167. The second-order valence-corrected chi connectivity index (χ2v) is 7.06. The maximum atomic E-state index is 13.0. The van der Waals surface area contributed by atoms with Crippen LogP contribution in [0.1, 0.15) is 11.1 Å². The van der Waals surface area contributed by atoms with Crippen LogP contribution in [0.5, 0.6) is 5.75 Å². The first-order valence-corrected chi connectivity index (χ1v) is 9.52. The number of ether oxygens (including phenoxy) is 1. The van der Waals surface area contributed by atoms with Crippen LogP contribution in [-0.2, 0) is 11.3 Å². The Balaban J connectivity index is 1.73. The quantitative estimate of drug-likeness (QED) is 0.528. The van der Waals surface area contributed by atoms with Gasteiger partial charge in [0.25, 0.3) is 0 Å². The van der Waals surface area contributed by atoms with E-state index in [9.17, 15) is 4.79 Å². The molecule has 0 spiro atoms. The summed E-state index contributed by atoms with van der Waals surface area (Å²) in [5.41, 5.74) is 5.63. The van der Waals surface area contributed by atoms with Crippen LogP contribution in [0.2, 0.25) is 0 Å². The monoisotopic (exact) mass is 385 g/mol. The number of nitrogens with zero attached hydrogens (tertiary/aromatic N) is 2. The molecule has 5 heteroatoms. The predicted molar refractivity (Wildman–Crippen MR) is 116 cm³/mol. The summed E-state index contributed by atoms with van der Waals surface area (Å²) in [6, 6.07) is 21.6. The molecule has 5 nitrogen and oxygen atoms in total. The number of anilines is 1. The lowest BCUT2D eigenvalue weighted by molar-refractivity contribution is -0.116. The van der Waals surface area contributed by atoms with Crippen molar-refractivity contribution in [3.8, 4) is 17.1 Å². The van der Waals surface area contributed by atoms with Gasteiger partial charge in [-0.3, -0.25) is 4.79 Å². The first kappa shape index (κ1) is 18.7. The molecule has 0 unspecified atom stereocenters. The Hall–Kier alpha value is -3.60. The number of aromatic nitrogens is 2. The van der Waals surface area contributed by atoms with E-state index in [1.165, 1.54) is 0 Å². The van der Waals surface area contributed by atoms with Gasteiger partial charge >= 0.3 is 0 Å². The van der Waals surface area contributed by atoms with Gasteiger partial charge in [0.15, 0.2) is 0 Å². The Bertz CT molecular complexity index is 1170. The Morgan fingerprint density at radius 1 is 1.00 bits per heavy atom. The molecule has 0 aliphatic carbocycles. The minimum absolute atomic E-state index is 0.0882. The van der Waals surface area contributed by atoms with Gasteiger partial charge in [-0.05, 0) is 49.2 Å². The summed E-state index contributed by atoms with van der Waals surface area (Å²) in [6.45, 7) is 4.16. The van der Waals surface area contributed by atoms with E-state index in [2.05, 4.69) is 5.32 Å². The zero-order valence-corrected chi connectivity index (χ0v) is 16.8. The van der Waals surface area contributed by atoms with Crippen molar-refractivity contribution in [2.75, 3.05) is 12.4 Å². The highest BCUT2D eigenvalue weighted by atomic mass is 16.5. The number of amides is 1. The number of para-hydroxylation sites is 3. The highest BCUT2D eigenvalue weighted by Crippen LogP contribution is 2.28. The summed E-state index contributed by atoms with van der Waals surface area (Å²) >= 11 is 0. The van der Waals surface area contributed by atoms with Crippen LogP contribution in [0.25, 0.3) is 22.4 Å². The third kappa shape index (κ3) is 3.72. The second kappa shape index (κ2) is 7.80. The molecule has 4 aromatic rings. The van der Waals surface area contributed by atoms with Crippen LogP contribution in [0.4, 0.5) is 5.69 Å². The first-order chi connectivity index (χ1) is 14.1. The fourth-order valence-corrected chi connectivity index (χ4v) is 3.55. The molecule has 1 aromatic heterocycles. The number of carbonyl (C=O) groups excluding carboxylic acids is 1. The van der Waals surface area contributed by atoms with Gasteiger partial charge in [-0.15, -0.1) is 0 Å². The van der Waals surface area contributed by atoms with Crippen molar-refractivity contribution in [1.29, 1.82) is 0 Å². The van der Waals surface area contributed by atoms with E-state index in [1.54, 1.807) is 7.11 Å². The van der Waals surface area contributed by atoms with Crippen LogP contribution in [-0.4, -0.2) is 22.6 Å². The molecule has 0 bridgehead atoms. The Morgan fingerprint density at radius 3 is 2.48 bits per heavy atom. The molecule has 0 fully saturated rings. The molecule has 0 saturated carbocycles. The molecular weight excluding hydrogens is 362 g/mol. The fourth-order valence-electron chi connectivity index (χ4n) is 3.55. The minimum atomic E-state index is -0.0882. The number of carbonyl (C=O) groups is 1. The lowest BCUT2D eigenvalue weighted by atomic mass is 10.1. The van der Waals surface area contributed by atoms with Gasteiger partial charge < -0.3 is 14.6 Å². The summed E-state index contributed by atoms with van der Waals surface area (Å²) < 4.78 is 7.31. The van der Waals surface area contributed by atoms with Gasteiger partial charge in [0.1, 0.15) is 18.1 Å². The van der Waals surface area contributed by atoms with E-state index in [0.29, 0.717) is 0 Å². The lowest BCUT2D eigenvalue weighted by Gasteiger charge is -2.14. The number of methoxy groups -OCH3 is 1. The van der Waals surface area contributed by atoms with Gasteiger partial charge in [0, 0.05) is 11.3 Å². The van der Waals surface area contributed by atoms with E-state index in [-0.39, 0.29) is 12.5 Å². The molecule has 1 amide bonds. The van der Waals surface area contributed by atoms with Gasteiger partial charge in [-0.1, -0.05) is 42.5 Å².